The van der Waals surface area contributed by atoms with Crippen molar-refractivity contribution >= 4 is 17.5 Å². The van der Waals surface area contributed by atoms with Crippen LogP contribution >= 0.6 is 11.6 Å². The molecule has 0 aliphatic rings. The van der Waals surface area contributed by atoms with Gasteiger partial charge in [-0.05, 0) is 13.0 Å². The summed E-state index contributed by atoms with van der Waals surface area (Å²) in [6.07, 6.45) is 1.56. The molecule has 0 aliphatic carbocycles. The minimum absolute atomic E-state index is 0.108. The fourth-order valence-corrected chi connectivity index (χ4v) is 1.11. The largest absolute Gasteiger partial charge is 0.348 e. The summed E-state index contributed by atoms with van der Waals surface area (Å²) in [5.74, 6) is 0.0668. The summed E-state index contributed by atoms with van der Waals surface area (Å²) >= 11 is 5.56. The van der Waals surface area contributed by atoms with E-state index in [1.54, 1.807) is 26.2 Å². The maximum Gasteiger partial charge on any atom is 0.251 e. The van der Waals surface area contributed by atoms with Crippen LogP contribution < -0.4 is 10.9 Å². The number of amides is 1. The zero-order valence-electron chi connectivity index (χ0n) is 8.66. The summed E-state index contributed by atoms with van der Waals surface area (Å²) in [7, 11) is 1.63. The lowest BCUT2D eigenvalue weighted by atomic mass is 10.2. The van der Waals surface area contributed by atoms with Crippen molar-refractivity contribution in [3.8, 4) is 0 Å². The van der Waals surface area contributed by atoms with Crippen LogP contribution in [-0.2, 0) is 7.05 Å². The fourth-order valence-electron chi connectivity index (χ4n) is 1.04. The highest BCUT2D eigenvalue weighted by molar-refractivity contribution is 6.18. The van der Waals surface area contributed by atoms with Crippen LogP contribution in [0.4, 0.5) is 0 Å². The molecule has 1 amide bonds. The highest BCUT2D eigenvalue weighted by atomic mass is 35.5. The first-order valence-corrected chi connectivity index (χ1v) is 5.11. The number of carbonyl (C=O) groups is 1. The molecule has 1 heterocycles. The number of hydrogen-bond acceptors (Lipinski definition) is 2. The van der Waals surface area contributed by atoms with E-state index in [0.29, 0.717) is 11.4 Å². The van der Waals surface area contributed by atoms with Crippen molar-refractivity contribution in [3.05, 3.63) is 34.2 Å². The van der Waals surface area contributed by atoms with Gasteiger partial charge in [0.05, 0.1) is 0 Å². The van der Waals surface area contributed by atoms with Crippen LogP contribution in [0.25, 0.3) is 0 Å². The van der Waals surface area contributed by atoms with Gasteiger partial charge in [0.15, 0.2) is 0 Å². The van der Waals surface area contributed by atoms with Gasteiger partial charge in [-0.15, -0.1) is 11.6 Å². The van der Waals surface area contributed by atoms with Gasteiger partial charge in [-0.25, -0.2) is 0 Å². The molecule has 0 saturated carbocycles. The number of aromatic nitrogens is 1. The highest BCUT2D eigenvalue weighted by Gasteiger charge is 2.09. The van der Waals surface area contributed by atoms with Crippen LogP contribution in [-0.4, -0.2) is 22.4 Å². The minimum atomic E-state index is -0.277. The Hall–Kier alpha value is -1.29. The van der Waals surface area contributed by atoms with E-state index in [9.17, 15) is 9.59 Å². The van der Waals surface area contributed by atoms with Crippen molar-refractivity contribution in [3.63, 3.8) is 0 Å². The zero-order valence-corrected chi connectivity index (χ0v) is 9.41. The number of pyridine rings is 1. The lowest BCUT2D eigenvalue weighted by Crippen LogP contribution is -2.34. The van der Waals surface area contributed by atoms with Crippen molar-refractivity contribution < 1.29 is 4.79 Å². The molecule has 1 N–H and O–H groups in total. The van der Waals surface area contributed by atoms with Gasteiger partial charge in [0, 0.05) is 36.8 Å². The molecule has 0 spiro atoms. The van der Waals surface area contributed by atoms with E-state index in [4.69, 9.17) is 11.6 Å². The van der Waals surface area contributed by atoms with E-state index < -0.39 is 0 Å². The summed E-state index contributed by atoms with van der Waals surface area (Å²) in [5.41, 5.74) is 0.149. The number of nitrogens with zero attached hydrogens (tertiary/aromatic N) is 1. The van der Waals surface area contributed by atoms with Gasteiger partial charge in [0.25, 0.3) is 11.5 Å². The first kappa shape index (κ1) is 11.8. The van der Waals surface area contributed by atoms with Gasteiger partial charge in [-0.2, -0.15) is 0 Å². The third-order valence-corrected chi connectivity index (χ3v) is 2.44. The van der Waals surface area contributed by atoms with Gasteiger partial charge in [0.1, 0.15) is 0 Å². The topological polar surface area (TPSA) is 51.1 Å². The van der Waals surface area contributed by atoms with Crippen LogP contribution in [0, 0.1) is 0 Å². The average Bonchev–Trinajstić information content (AvgIpc) is 2.21. The Bertz CT molecular complexity index is 414. The molecule has 0 saturated heterocycles. The first-order chi connectivity index (χ1) is 7.04. The molecule has 4 nitrogen and oxygen atoms in total. The van der Waals surface area contributed by atoms with E-state index in [-0.39, 0.29) is 17.5 Å². The molecule has 1 aromatic heterocycles. The predicted octanol–water partition coefficient (Wildman–Crippen LogP) is 0.742. The Morgan fingerprint density at radius 3 is 2.87 bits per heavy atom. The molecule has 5 heteroatoms. The third-order valence-electron chi connectivity index (χ3n) is 1.98. The van der Waals surface area contributed by atoms with E-state index in [1.807, 2.05) is 0 Å². The quantitative estimate of drug-likeness (QED) is 0.776. The smallest absolute Gasteiger partial charge is 0.251 e. The fraction of sp³-hybridized carbons (Fsp3) is 0.400. The van der Waals surface area contributed by atoms with Crippen molar-refractivity contribution in [2.24, 2.45) is 7.05 Å². The average molecular weight is 229 g/mol. The van der Waals surface area contributed by atoms with Crippen LogP contribution in [0.5, 0.6) is 0 Å². The van der Waals surface area contributed by atoms with Crippen LogP contribution in [0.2, 0.25) is 0 Å². The van der Waals surface area contributed by atoms with Crippen molar-refractivity contribution in [2.75, 3.05) is 5.88 Å². The third kappa shape index (κ3) is 3.09. The molecule has 15 heavy (non-hydrogen) atoms. The highest BCUT2D eigenvalue weighted by Crippen LogP contribution is 1.96. The van der Waals surface area contributed by atoms with E-state index >= 15 is 0 Å². The maximum absolute atomic E-state index is 11.6. The number of alkyl halides is 1. The monoisotopic (exact) mass is 228 g/mol. The summed E-state index contributed by atoms with van der Waals surface area (Å²) in [6.45, 7) is 1.80. The van der Waals surface area contributed by atoms with Gasteiger partial charge in [0.2, 0.25) is 0 Å². The van der Waals surface area contributed by atoms with Gasteiger partial charge in [-0.3, -0.25) is 9.59 Å². The Morgan fingerprint density at radius 2 is 2.33 bits per heavy atom. The summed E-state index contributed by atoms with van der Waals surface area (Å²) in [5, 5.41) is 2.67. The first-order valence-electron chi connectivity index (χ1n) is 4.58. The lowest BCUT2D eigenvalue weighted by molar-refractivity contribution is 0.0943. The van der Waals surface area contributed by atoms with E-state index in [0.717, 1.165) is 0 Å². The van der Waals surface area contributed by atoms with Gasteiger partial charge < -0.3 is 9.88 Å². The molecule has 0 aromatic carbocycles. The predicted molar refractivity (Wildman–Crippen MR) is 59.3 cm³/mol. The van der Waals surface area contributed by atoms with Crippen LogP contribution in [0.15, 0.2) is 23.1 Å². The Kier molecular flexibility index (Phi) is 3.91. The number of aryl methyl sites for hydroxylation is 1. The summed E-state index contributed by atoms with van der Waals surface area (Å²) in [6, 6.07) is 2.79. The van der Waals surface area contributed by atoms with Crippen molar-refractivity contribution in [1.29, 1.82) is 0 Å². The van der Waals surface area contributed by atoms with Gasteiger partial charge >= 0.3 is 0 Å². The number of rotatable bonds is 3. The second-order valence-electron chi connectivity index (χ2n) is 3.39. The molecule has 82 valence electrons. The number of nitrogens with one attached hydrogen (secondary N) is 1. The zero-order chi connectivity index (χ0) is 11.4. The molecule has 1 aromatic rings. The second kappa shape index (κ2) is 4.98. The number of carbonyl (C=O) groups excluding carboxylic acids is 1. The summed E-state index contributed by atoms with van der Waals surface area (Å²) in [4.78, 5) is 22.8. The molecular weight excluding hydrogens is 216 g/mol. The Balaban J connectivity index is 2.83. The maximum atomic E-state index is 11.6. The lowest BCUT2D eigenvalue weighted by Gasteiger charge is -2.10. The standard InChI is InChI=1S/C10H13ClN2O2/c1-7(6-11)12-10(15)8-3-4-13(2)9(14)5-8/h3-5,7H,6H2,1-2H3,(H,12,15). The molecule has 1 rings (SSSR count). The SMILES string of the molecule is CC(CCl)NC(=O)c1ccn(C)c(=O)c1. The molecule has 0 aliphatic heterocycles. The van der Waals surface area contributed by atoms with Gasteiger partial charge in [-0.1, -0.05) is 0 Å². The van der Waals surface area contributed by atoms with Crippen molar-refractivity contribution in [2.45, 2.75) is 13.0 Å². The number of halogens is 1. The second-order valence-corrected chi connectivity index (χ2v) is 3.70. The molecule has 1 atom stereocenters. The van der Waals surface area contributed by atoms with E-state index in [1.165, 1.54) is 10.6 Å². The molecule has 0 radical (unpaired) electrons. The van der Waals surface area contributed by atoms with E-state index in [2.05, 4.69) is 5.32 Å². The minimum Gasteiger partial charge on any atom is -0.348 e. The molecular formula is C10H13ClN2O2. The normalized spacial score (nSPS) is 12.2. The summed E-state index contributed by atoms with van der Waals surface area (Å²) < 4.78 is 1.40. The molecule has 1 unspecified atom stereocenters. The van der Waals surface area contributed by atoms with Crippen LogP contribution in [0.3, 0.4) is 0 Å². The number of hydrogen-bond donors (Lipinski definition) is 1. The Labute approximate surface area is 92.9 Å². The molecule has 0 bridgehead atoms. The van der Waals surface area contributed by atoms with Crippen molar-refractivity contribution in [1.82, 2.24) is 9.88 Å². The molecule has 0 fully saturated rings. The Morgan fingerprint density at radius 1 is 1.67 bits per heavy atom. The van der Waals surface area contributed by atoms with Crippen LogP contribution in [0.1, 0.15) is 17.3 Å².